The third-order valence-corrected chi connectivity index (χ3v) is 8.00. The SMILES string of the molecule is CN1CCN(S(=O)(=O)CCNS(=O)(=O)c2cccs2)CC1. The Bertz CT molecular complexity index is 647. The summed E-state index contributed by atoms with van der Waals surface area (Å²) in [7, 11) is -5.07. The molecule has 0 unspecified atom stereocenters. The molecule has 0 bridgehead atoms. The Morgan fingerprint density at radius 2 is 1.86 bits per heavy atom. The summed E-state index contributed by atoms with van der Waals surface area (Å²) in [6, 6.07) is 3.13. The number of sulfonamides is 2. The Kier molecular flexibility index (Phi) is 5.38. The highest BCUT2D eigenvalue weighted by Gasteiger charge is 2.26. The van der Waals surface area contributed by atoms with Gasteiger partial charge in [-0.05, 0) is 18.5 Å². The lowest BCUT2D eigenvalue weighted by Crippen LogP contribution is -2.48. The number of thiophene rings is 1. The first kappa shape index (κ1) is 16.8. The van der Waals surface area contributed by atoms with Gasteiger partial charge in [0.25, 0.3) is 0 Å². The minimum Gasteiger partial charge on any atom is -0.304 e. The molecule has 0 aliphatic carbocycles. The van der Waals surface area contributed by atoms with Crippen LogP contribution in [-0.4, -0.2) is 71.6 Å². The molecule has 0 spiro atoms. The molecule has 2 heterocycles. The van der Waals surface area contributed by atoms with Crippen LogP contribution in [0.3, 0.4) is 0 Å². The zero-order chi connectivity index (χ0) is 15.5. The van der Waals surface area contributed by atoms with Crippen molar-refractivity contribution in [1.29, 1.82) is 0 Å². The molecular weight excluding hydrogens is 334 g/mol. The van der Waals surface area contributed by atoms with Gasteiger partial charge in [0.2, 0.25) is 20.0 Å². The molecule has 0 saturated carbocycles. The van der Waals surface area contributed by atoms with Gasteiger partial charge in [0.05, 0.1) is 5.75 Å². The molecule has 0 amide bonds. The lowest BCUT2D eigenvalue weighted by atomic mass is 10.4. The largest absolute Gasteiger partial charge is 0.304 e. The normalized spacial score (nSPS) is 18.9. The lowest BCUT2D eigenvalue weighted by molar-refractivity contribution is 0.222. The van der Waals surface area contributed by atoms with Crippen molar-refractivity contribution >= 4 is 31.4 Å². The summed E-state index contributed by atoms with van der Waals surface area (Å²) in [5.74, 6) is -0.221. The fraction of sp³-hybridized carbons (Fsp3) is 0.636. The molecule has 1 saturated heterocycles. The third-order valence-electron chi connectivity index (χ3n) is 3.27. The van der Waals surface area contributed by atoms with Gasteiger partial charge in [-0.25, -0.2) is 21.6 Å². The summed E-state index contributed by atoms with van der Waals surface area (Å²) < 4.78 is 52.0. The van der Waals surface area contributed by atoms with Gasteiger partial charge < -0.3 is 4.90 Å². The summed E-state index contributed by atoms with van der Waals surface area (Å²) in [5.41, 5.74) is 0. The fourth-order valence-electron chi connectivity index (χ4n) is 1.99. The van der Waals surface area contributed by atoms with Gasteiger partial charge >= 0.3 is 0 Å². The van der Waals surface area contributed by atoms with E-state index in [1.807, 2.05) is 7.05 Å². The molecule has 10 heteroatoms. The van der Waals surface area contributed by atoms with Crippen LogP contribution in [0.25, 0.3) is 0 Å². The van der Waals surface area contributed by atoms with Gasteiger partial charge in [-0.15, -0.1) is 11.3 Å². The molecule has 1 N–H and O–H groups in total. The third kappa shape index (κ3) is 4.47. The molecule has 0 atom stereocenters. The fourth-order valence-corrected chi connectivity index (χ4v) is 5.52. The summed E-state index contributed by atoms with van der Waals surface area (Å²) in [5, 5.41) is 1.66. The Hall–Kier alpha value is -0.520. The number of hydrogen-bond acceptors (Lipinski definition) is 6. The molecule has 7 nitrogen and oxygen atoms in total. The number of piperazine rings is 1. The monoisotopic (exact) mass is 353 g/mol. The van der Waals surface area contributed by atoms with Gasteiger partial charge in [-0.2, -0.15) is 4.31 Å². The average Bonchev–Trinajstić information content (AvgIpc) is 2.93. The van der Waals surface area contributed by atoms with Crippen molar-refractivity contribution in [2.75, 3.05) is 45.5 Å². The number of hydrogen-bond donors (Lipinski definition) is 1. The number of nitrogens with one attached hydrogen (secondary N) is 1. The summed E-state index contributed by atoms with van der Waals surface area (Å²) in [4.78, 5) is 2.06. The molecule has 120 valence electrons. The second-order valence-corrected chi connectivity index (χ2v) is 9.88. The number of nitrogens with zero attached hydrogens (tertiary/aromatic N) is 2. The van der Waals surface area contributed by atoms with Crippen LogP contribution in [0, 0.1) is 0 Å². The van der Waals surface area contributed by atoms with Crippen LogP contribution < -0.4 is 4.72 Å². The molecule has 1 fully saturated rings. The van der Waals surface area contributed by atoms with Crippen LogP contribution in [0.5, 0.6) is 0 Å². The molecule has 1 aliphatic heterocycles. The van der Waals surface area contributed by atoms with E-state index in [0.717, 1.165) is 11.3 Å². The Labute approximate surface area is 129 Å². The van der Waals surface area contributed by atoms with Crippen molar-refractivity contribution in [1.82, 2.24) is 13.9 Å². The van der Waals surface area contributed by atoms with Crippen LogP contribution in [0.15, 0.2) is 21.7 Å². The number of likely N-dealkylation sites (N-methyl/N-ethyl adjacent to an activating group) is 1. The van der Waals surface area contributed by atoms with Crippen molar-refractivity contribution in [3.8, 4) is 0 Å². The maximum absolute atomic E-state index is 12.1. The van der Waals surface area contributed by atoms with E-state index in [1.165, 1.54) is 10.4 Å². The first-order chi connectivity index (χ1) is 9.81. The van der Waals surface area contributed by atoms with Crippen molar-refractivity contribution in [2.45, 2.75) is 4.21 Å². The zero-order valence-electron chi connectivity index (χ0n) is 11.7. The number of rotatable bonds is 6. The van der Waals surface area contributed by atoms with E-state index in [-0.39, 0.29) is 16.5 Å². The molecule has 2 rings (SSSR count). The first-order valence-corrected chi connectivity index (χ1v) is 10.5. The van der Waals surface area contributed by atoms with Gasteiger partial charge in [0.15, 0.2) is 0 Å². The van der Waals surface area contributed by atoms with Crippen molar-refractivity contribution in [3.63, 3.8) is 0 Å². The molecular formula is C11H19N3O4S3. The van der Waals surface area contributed by atoms with Gasteiger partial charge in [0.1, 0.15) is 4.21 Å². The minimum absolute atomic E-state index is 0.116. The Morgan fingerprint density at radius 1 is 1.19 bits per heavy atom. The molecule has 0 radical (unpaired) electrons. The predicted octanol–water partition coefficient (Wildman–Crippen LogP) is -0.396. The second kappa shape index (κ2) is 6.71. The zero-order valence-corrected chi connectivity index (χ0v) is 14.2. The predicted molar refractivity (Wildman–Crippen MR) is 82.4 cm³/mol. The lowest BCUT2D eigenvalue weighted by Gasteiger charge is -2.31. The molecule has 1 aromatic rings. The highest BCUT2D eigenvalue weighted by atomic mass is 32.2. The maximum atomic E-state index is 12.1. The molecule has 0 aromatic carbocycles. The smallest absolute Gasteiger partial charge is 0.250 e. The molecule has 21 heavy (non-hydrogen) atoms. The average molecular weight is 353 g/mol. The highest BCUT2D eigenvalue weighted by Crippen LogP contribution is 2.15. The van der Waals surface area contributed by atoms with Crippen molar-refractivity contribution in [2.24, 2.45) is 0 Å². The van der Waals surface area contributed by atoms with Crippen LogP contribution in [0.2, 0.25) is 0 Å². The first-order valence-electron chi connectivity index (χ1n) is 6.51. The van der Waals surface area contributed by atoms with E-state index in [2.05, 4.69) is 9.62 Å². The Morgan fingerprint density at radius 3 is 2.43 bits per heavy atom. The van der Waals surface area contributed by atoms with Crippen molar-refractivity contribution in [3.05, 3.63) is 17.5 Å². The van der Waals surface area contributed by atoms with E-state index in [9.17, 15) is 16.8 Å². The van der Waals surface area contributed by atoms with Crippen LogP contribution in [0.1, 0.15) is 0 Å². The molecule has 1 aromatic heterocycles. The van der Waals surface area contributed by atoms with Crippen LogP contribution >= 0.6 is 11.3 Å². The van der Waals surface area contributed by atoms with E-state index in [4.69, 9.17) is 0 Å². The van der Waals surface area contributed by atoms with Gasteiger partial charge in [0, 0.05) is 32.7 Å². The topological polar surface area (TPSA) is 86.8 Å². The summed E-state index contributed by atoms with van der Waals surface area (Å²) >= 11 is 1.10. The quantitative estimate of drug-likeness (QED) is 0.752. The van der Waals surface area contributed by atoms with Gasteiger partial charge in [-0.1, -0.05) is 6.07 Å². The summed E-state index contributed by atoms with van der Waals surface area (Å²) in [6.07, 6.45) is 0. The van der Waals surface area contributed by atoms with Crippen LogP contribution in [-0.2, 0) is 20.0 Å². The van der Waals surface area contributed by atoms with E-state index < -0.39 is 20.0 Å². The van der Waals surface area contributed by atoms with E-state index in [1.54, 1.807) is 11.4 Å². The van der Waals surface area contributed by atoms with Gasteiger partial charge in [-0.3, -0.25) is 0 Å². The van der Waals surface area contributed by atoms with E-state index >= 15 is 0 Å². The van der Waals surface area contributed by atoms with Crippen LogP contribution in [0.4, 0.5) is 0 Å². The standard InChI is InChI=1S/C11H19N3O4S3/c1-13-5-7-14(8-6-13)20(15,16)10-4-12-21(17,18)11-3-2-9-19-11/h2-3,9,12H,4-8,10H2,1H3. The Balaban J connectivity index is 1.88. The van der Waals surface area contributed by atoms with E-state index in [0.29, 0.717) is 26.2 Å². The second-order valence-electron chi connectivity index (χ2n) is 4.85. The maximum Gasteiger partial charge on any atom is 0.250 e. The minimum atomic E-state index is -3.60. The highest BCUT2D eigenvalue weighted by molar-refractivity contribution is 7.91. The molecule has 1 aliphatic rings. The summed E-state index contributed by atoms with van der Waals surface area (Å²) in [6.45, 7) is 2.18. The van der Waals surface area contributed by atoms with Crippen molar-refractivity contribution < 1.29 is 16.8 Å².